The Labute approximate surface area is 94.7 Å². The largest absolute Gasteiger partial charge is 0.329 e. The zero-order chi connectivity index (χ0) is 12.0. The van der Waals surface area contributed by atoms with E-state index in [0.717, 1.165) is 11.1 Å². The molecule has 88 valence electrons. The van der Waals surface area contributed by atoms with Gasteiger partial charge in [0, 0.05) is 13.0 Å². The van der Waals surface area contributed by atoms with Crippen LogP contribution in [-0.2, 0) is 5.41 Å². The Morgan fingerprint density at radius 1 is 1.31 bits per heavy atom. The zero-order valence-electron chi connectivity index (χ0n) is 9.63. The molecule has 1 aromatic carbocycles. The molecule has 1 fully saturated rings. The fourth-order valence-corrected chi connectivity index (χ4v) is 2.39. The number of alkyl halides is 2. The highest BCUT2D eigenvalue weighted by Crippen LogP contribution is 2.61. The summed E-state index contributed by atoms with van der Waals surface area (Å²) in [6.45, 7) is 4.05. The molecule has 1 nitrogen and oxygen atoms in total. The molecule has 16 heavy (non-hydrogen) atoms. The smallest absolute Gasteiger partial charge is 0.260 e. The summed E-state index contributed by atoms with van der Waals surface area (Å²) in [5.41, 5.74) is 6.19. The highest BCUT2D eigenvalue weighted by atomic mass is 19.3. The van der Waals surface area contributed by atoms with Crippen molar-refractivity contribution in [2.75, 3.05) is 6.54 Å². The molecule has 3 heteroatoms. The van der Waals surface area contributed by atoms with Crippen molar-refractivity contribution >= 4 is 0 Å². The van der Waals surface area contributed by atoms with Gasteiger partial charge < -0.3 is 5.73 Å². The normalized spacial score (nSPS) is 27.1. The van der Waals surface area contributed by atoms with Crippen molar-refractivity contribution in [1.82, 2.24) is 0 Å². The first kappa shape index (κ1) is 11.5. The molecule has 0 radical (unpaired) electrons. The predicted octanol–water partition coefficient (Wildman–Crippen LogP) is 3.05. The van der Waals surface area contributed by atoms with E-state index >= 15 is 0 Å². The maximum absolute atomic E-state index is 13.5. The molecular weight excluding hydrogens is 208 g/mol. The lowest BCUT2D eigenvalue weighted by atomic mass is 9.86. The highest BCUT2D eigenvalue weighted by Gasteiger charge is 2.71. The number of rotatable bonds is 3. The van der Waals surface area contributed by atoms with Gasteiger partial charge in [0.2, 0.25) is 0 Å². The maximum Gasteiger partial charge on any atom is 0.260 e. The summed E-state index contributed by atoms with van der Waals surface area (Å²) in [6.07, 6.45) is -0.111. The van der Waals surface area contributed by atoms with Gasteiger partial charge in [-0.05, 0) is 17.0 Å². The summed E-state index contributed by atoms with van der Waals surface area (Å²) in [5, 5.41) is 0. The molecule has 1 saturated carbocycles. The molecule has 0 amide bonds. The summed E-state index contributed by atoms with van der Waals surface area (Å²) in [6, 6.07) is 7.42. The molecule has 0 aliphatic heterocycles. The SMILES string of the molecule is CC(C)c1ccccc1C1(CN)CC1(F)F. The zero-order valence-corrected chi connectivity index (χ0v) is 9.63. The Bertz CT molecular complexity index is 401. The second-order valence-electron chi connectivity index (χ2n) is 4.91. The van der Waals surface area contributed by atoms with E-state index in [2.05, 4.69) is 0 Å². The minimum absolute atomic E-state index is 0.0176. The lowest BCUT2D eigenvalue weighted by Gasteiger charge is -2.20. The van der Waals surface area contributed by atoms with Gasteiger partial charge >= 0.3 is 0 Å². The molecule has 2 N–H and O–H groups in total. The number of hydrogen-bond donors (Lipinski definition) is 1. The van der Waals surface area contributed by atoms with Crippen molar-refractivity contribution in [2.45, 2.75) is 37.5 Å². The van der Waals surface area contributed by atoms with Crippen LogP contribution in [-0.4, -0.2) is 12.5 Å². The number of hydrogen-bond acceptors (Lipinski definition) is 1. The fraction of sp³-hybridized carbons (Fsp3) is 0.538. The molecule has 1 aliphatic carbocycles. The van der Waals surface area contributed by atoms with Gasteiger partial charge in [0.15, 0.2) is 0 Å². The summed E-state index contributed by atoms with van der Waals surface area (Å²) in [4.78, 5) is 0. The fourth-order valence-electron chi connectivity index (χ4n) is 2.39. The molecule has 0 bridgehead atoms. The Kier molecular flexibility index (Phi) is 2.54. The highest BCUT2D eigenvalue weighted by molar-refractivity contribution is 5.45. The molecule has 1 unspecified atom stereocenters. The molecule has 1 aromatic rings. The second kappa shape index (κ2) is 3.52. The molecule has 0 aromatic heterocycles. The van der Waals surface area contributed by atoms with E-state index in [1.165, 1.54) is 0 Å². The third-order valence-corrected chi connectivity index (χ3v) is 3.55. The molecule has 1 atom stereocenters. The van der Waals surface area contributed by atoms with E-state index in [-0.39, 0.29) is 18.9 Å². The van der Waals surface area contributed by atoms with Crippen LogP contribution in [0.5, 0.6) is 0 Å². The van der Waals surface area contributed by atoms with Crippen molar-refractivity contribution in [3.8, 4) is 0 Å². The Hall–Kier alpha value is -0.960. The summed E-state index contributed by atoms with van der Waals surface area (Å²) < 4.78 is 27.0. The number of nitrogens with two attached hydrogens (primary N) is 1. The van der Waals surface area contributed by atoms with Gasteiger partial charge in [0.05, 0.1) is 5.41 Å². The third-order valence-electron chi connectivity index (χ3n) is 3.55. The van der Waals surface area contributed by atoms with E-state index < -0.39 is 11.3 Å². The van der Waals surface area contributed by atoms with Gasteiger partial charge in [-0.1, -0.05) is 38.1 Å². The molecule has 0 heterocycles. The average Bonchev–Trinajstić information content (AvgIpc) is 2.82. The van der Waals surface area contributed by atoms with Gasteiger partial charge in [0.25, 0.3) is 5.92 Å². The molecule has 1 aliphatic rings. The van der Waals surface area contributed by atoms with Crippen molar-refractivity contribution < 1.29 is 8.78 Å². The standard InChI is InChI=1S/C13H17F2N/c1-9(2)10-5-3-4-6-11(10)12(8-16)7-13(12,14)15/h3-6,9H,7-8,16H2,1-2H3. The molecular formula is C13H17F2N. The first-order valence-electron chi connectivity index (χ1n) is 5.62. The molecule has 2 rings (SSSR count). The summed E-state index contributed by atoms with van der Waals surface area (Å²) in [7, 11) is 0. The Morgan fingerprint density at radius 2 is 1.88 bits per heavy atom. The maximum atomic E-state index is 13.5. The van der Waals surface area contributed by atoms with Gasteiger partial charge in [-0.25, -0.2) is 8.78 Å². The predicted molar refractivity (Wildman–Crippen MR) is 60.8 cm³/mol. The van der Waals surface area contributed by atoms with Crippen molar-refractivity contribution in [1.29, 1.82) is 0 Å². The first-order valence-corrected chi connectivity index (χ1v) is 5.62. The van der Waals surface area contributed by atoms with Crippen molar-refractivity contribution in [3.05, 3.63) is 35.4 Å². The second-order valence-corrected chi connectivity index (χ2v) is 4.91. The minimum Gasteiger partial charge on any atom is -0.329 e. The quantitative estimate of drug-likeness (QED) is 0.840. The van der Waals surface area contributed by atoms with Gasteiger partial charge in [-0.2, -0.15) is 0 Å². The topological polar surface area (TPSA) is 26.0 Å². The van der Waals surface area contributed by atoms with Gasteiger partial charge in [-0.15, -0.1) is 0 Å². The average molecular weight is 225 g/mol. The van der Waals surface area contributed by atoms with Crippen LogP contribution >= 0.6 is 0 Å². The molecule has 0 spiro atoms. The van der Waals surface area contributed by atoms with Crippen LogP contribution in [0.25, 0.3) is 0 Å². The van der Waals surface area contributed by atoms with Crippen LogP contribution < -0.4 is 5.73 Å². The van der Waals surface area contributed by atoms with Crippen LogP contribution in [0.2, 0.25) is 0 Å². The number of benzene rings is 1. The number of halogens is 2. The molecule has 0 saturated heterocycles. The minimum atomic E-state index is -2.63. The van der Waals surface area contributed by atoms with Crippen molar-refractivity contribution in [3.63, 3.8) is 0 Å². The van der Waals surface area contributed by atoms with E-state index in [0.29, 0.717) is 0 Å². The first-order chi connectivity index (χ1) is 7.44. The lowest BCUT2D eigenvalue weighted by Crippen LogP contribution is -2.28. The van der Waals surface area contributed by atoms with Crippen LogP contribution in [0.15, 0.2) is 24.3 Å². The van der Waals surface area contributed by atoms with E-state index in [1.807, 2.05) is 32.0 Å². The Morgan fingerprint density at radius 3 is 2.31 bits per heavy atom. The van der Waals surface area contributed by atoms with Gasteiger partial charge in [0.1, 0.15) is 0 Å². The summed E-state index contributed by atoms with van der Waals surface area (Å²) in [5.74, 6) is -2.39. The van der Waals surface area contributed by atoms with Gasteiger partial charge in [-0.3, -0.25) is 0 Å². The summed E-state index contributed by atoms with van der Waals surface area (Å²) >= 11 is 0. The van der Waals surface area contributed by atoms with Crippen LogP contribution in [0.4, 0.5) is 8.78 Å². The monoisotopic (exact) mass is 225 g/mol. The van der Waals surface area contributed by atoms with Crippen LogP contribution in [0.1, 0.15) is 37.3 Å². The van der Waals surface area contributed by atoms with Crippen LogP contribution in [0, 0.1) is 0 Å². The van der Waals surface area contributed by atoms with E-state index in [4.69, 9.17) is 5.73 Å². The third kappa shape index (κ3) is 1.46. The van der Waals surface area contributed by atoms with E-state index in [9.17, 15) is 8.78 Å². The van der Waals surface area contributed by atoms with Crippen molar-refractivity contribution in [2.24, 2.45) is 5.73 Å². The van der Waals surface area contributed by atoms with E-state index in [1.54, 1.807) is 6.07 Å². The Balaban J connectivity index is 2.49. The van der Waals surface area contributed by atoms with Crippen LogP contribution in [0.3, 0.4) is 0 Å². The lowest BCUT2D eigenvalue weighted by molar-refractivity contribution is 0.0893.